The van der Waals surface area contributed by atoms with Crippen molar-refractivity contribution in [1.29, 1.82) is 0 Å². The molecule has 46 valence electrons. The largest absolute Gasteiger partial charge is 0.324 e. The molecule has 1 heteroatoms. The van der Waals surface area contributed by atoms with Crippen molar-refractivity contribution in [2.24, 2.45) is 11.7 Å². The van der Waals surface area contributed by atoms with Gasteiger partial charge in [-0.05, 0) is 18.8 Å². The van der Waals surface area contributed by atoms with Gasteiger partial charge in [-0.3, -0.25) is 0 Å². The molecule has 0 aromatic carbocycles. The first-order valence-electron chi connectivity index (χ1n) is 3.23. The highest BCUT2D eigenvalue weighted by atomic mass is 14.6. The Hall–Kier alpha value is -0.300. The maximum Gasteiger partial charge on any atom is 0.0223 e. The zero-order valence-corrected chi connectivity index (χ0v) is 5.30. The molecule has 0 saturated carbocycles. The minimum absolute atomic E-state index is 0.339. The van der Waals surface area contributed by atoms with Crippen LogP contribution in [0.15, 0.2) is 12.2 Å². The van der Waals surface area contributed by atoms with E-state index in [1.165, 1.54) is 6.42 Å². The second-order valence-electron chi connectivity index (χ2n) is 2.60. The Balaban J connectivity index is 2.42. The number of nitrogens with two attached hydrogens (primary N) is 1. The predicted molar refractivity (Wildman–Crippen MR) is 35.5 cm³/mol. The van der Waals surface area contributed by atoms with Crippen molar-refractivity contribution in [3.05, 3.63) is 12.2 Å². The fourth-order valence-electron chi connectivity index (χ4n) is 0.980. The molecule has 8 heavy (non-hydrogen) atoms. The molecule has 2 atom stereocenters. The van der Waals surface area contributed by atoms with Crippen LogP contribution in [0.1, 0.15) is 19.8 Å². The number of hydrogen-bond donors (Lipinski definition) is 1. The van der Waals surface area contributed by atoms with E-state index in [2.05, 4.69) is 19.1 Å². The van der Waals surface area contributed by atoms with E-state index in [9.17, 15) is 0 Å². The lowest BCUT2D eigenvalue weighted by molar-refractivity contribution is 0.542. The maximum absolute atomic E-state index is 5.61. The third kappa shape index (κ3) is 1.34. The standard InChI is InChI=1S/C7H13N/c1-6-2-4-7(8)5-3-6/h2,4,6-7H,3,5,8H2,1H3/t6-,7?/m1/s1. The summed E-state index contributed by atoms with van der Waals surface area (Å²) in [4.78, 5) is 0. The van der Waals surface area contributed by atoms with Crippen molar-refractivity contribution in [2.75, 3.05) is 0 Å². The number of allylic oxidation sites excluding steroid dienone is 1. The van der Waals surface area contributed by atoms with Gasteiger partial charge >= 0.3 is 0 Å². The molecule has 0 aliphatic heterocycles. The number of rotatable bonds is 0. The molecule has 0 spiro atoms. The highest BCUT2D eigenvalue weighted by Crippen LogP contribution is 2.14. The fraction of sp³-hybridized carbons (Fsp3) is 0.714. The normalized spacial score (nSPS) is 37.8. The van der Waals surface area contributed by atoms with Gasteiger partial charge in [-0.1, -0.05) is 19.1 Å². The van der Waals surface area contributed by atoms with E-state index in [1.807, 2.05) is 0 Å². The van der Waals surface area contributed by atoms with Crippen LogP contribution in [-0.2, 0) is 0 Å². The Morgan fingerprint density at radius 3 is 2.50 bits per heavy atom. The molecule has 0 fully saturated rings. The summed E-state index contributed by atoms with van der Waals surface area (Å²) in [6.07, 6.45) is 6.73. The molecular weight excluding hydrogens is 98.1 g/mol. The van der Waals surface area contributed by atoms with Gasteiger partial charge in [0.15, 0.2) is 0 Å². The molecule has 0 bridgehead atoms. The van der Waals surface area contributed by atoms with Crippen molar-refractivity contribution in [1.82, 2.24) is 0 Å². The fourth-order valence-corrected chi connectivity index (χ4v) is 0.980. The van der Waals surface area contributed by atoms with Gasteiger partial charge in [0.05, 0.1) is 0 Å². The van der Waals surface area contributed by atoms with E-state index < -0.39 is 0 Å². The van der Waals surface area contributed by atoms with Gasteiger partial charge < -0.3 is 5.73 Å². The van der Waals surface area contributed by atoms with Gasteiger partial charge in [-0.25, -0.2) is 0 Å². The van der Waals surface area contributed by atoms with Crippen molar-refractivity contribution in [2.45, 2.75) is 25.8 Å². The first-order chi connectivity index (χ1) is 3.79. The molecule has 0 radical (unpaired) electrons. The van der Waals surface area contributed by atoms with Crippen LogP contribution in [-0.4, -0.2) is 6.04 Å². The third-order valence-corrected chi connectivity index (χ3v) is 1.64. The van der Waals surface area contributed by atoms with Crippen LogP contribution in [0.4, 0.5) is 0 Å². The zero-order valence-electron chi connectivity index (χ0n) is 5.30. The molecule has 1 nitrogen and oxygen atoms in total. The Labute approximate surface area is 50.6 Å². The minimum Gasteiger partial charge on any atom is -0.324 e. The Morgan fingerprint density at radius 1 is 1.38 bits per heavy atom. The molecule has 2 N–H and O–H groups in total. The summed E-state index contributed by atoms with van der Waals surface area (Å²) in [5, 5.41) is 0. The first kappa shape index (κ1) is 5.83. The van der Waals surface area contributed by atoms with E-state index in [0.29, 0.717) is 6.04 Å². The quantitative estimate of drug-likeness (QED) is 0.468. The molecule has 1 aliphatic rings. The van der Waals surface area contributed by atoms with Crippen molar-refractivity contribution < 1.29 is 0 Å². The topological polar surface area (TPSA) is 26.0 Å². The van der Waals surface area contributed by atoms with Gasteiger partial charge in [0.1, 0.15) is 0 Å². The third-order valence-electron chi connectivity index (χ3n) is 1.64. The van der Waals surface area contributed by atoms with E-state index in [0.717, 1.165) is 12.3 Å². The Kier molecular flexibility index (Phi) is 1.69. The highest BCUT2D eigenvalue weighted by Gasteiger charge is 2.06. The van der Waals surface area contributed by atoms with Crippen LogP contribution >= 0.6 is 0 Å². The molecule has 0 amide bonds. The molecule has 0 saturated heterocycles. The average molecular weight is 111 g/mol. The van der Waals surface area contributed by atoms with Gasteiger partial charge in [-0.2, -0.15) is 0 Å². The maximum atomic E-state index is 5.61. The number of hydrogen-bond acceptors (Lipinski definition) is 1. The highest BCUT2D eigenvalue weighted by molar-refractivity contribution is 4.98. The lowest BCUT2D eigenvalue weighted by Crippen LogP contribution is -2.20. The van der Waals surface area contributed by atoms with Crippen molar-refractivity contribution >= 4 is 0 Å². The zero-order chi connectivity index (χ0) is 5.98. The van der Waals surface area contributed by atoms with Crippen LogP contribution < -0.4 is 5.73 Å². The van der Waals surface area contributed by atoms with Crippen molar-refractivity contribution in [3.8, 4) is 0 Å². The van der Waals surface area contributed by atoms with Crippen LogP contribution in [0.2, 0.25) is 0 Å². The summed E-state index contributed by atoms with van der Waals surface area (Å²) in [7, 11) is 0. The minimum atomic E-state index is 0.339. The van der Waals surface area contributed by atoms with Gasteiger partial charge in [0.2, 0.25) is 0 Å². The summed E-state index contributed by atoms with van der Waals surface area (Å²) in [6, 6.07) is 0.339. The van der Waals surface area contributed by atoms with Crippen LogP contribution in [0.3, 0.4) is 0 Å². The molecule has 0 aromatic rings. The monoisotopic (exact) mass is 111 g/mol. The molecule has 1 unspecified atom stereocenters. The molecule has 1 rings (SSSR count). The predicted octanol–water partition coefficient (Wildman–Crippen LogP) is 1.30. The first-order valence-corrected chi connectivity index (χ1v) is 3.23. The van der Waals surface area contributed by atoms with Gasteiger partial charge in [-0.15, -0.1) is 0 Å². The molecule has 1 aliphatic carbocycles. The van der Waals surface area contributed by atoms with Crippen molar-refractivity contribution in [3.63, 3.8) is 0 Å². The van der Waals surface area contributed by atoms with Gasteiger partial charge in [0.25, 0.3) is 0 Å². The van der Waals surface area contributed by atoms with Crippen LogP contribution in [0, 0.1) is 5.92 Å². The van der Waals surface area contributed by atoms with Gasteiger partial charge in [0, 0.05) is 6.04 Å². The summed E-state index contributed by atoms with van der Waals surface area (Å²) in [5.74, 6) is 0.759. The molecule has 0 aromatic heterocycles. The van der Waals surface area contributed by atoms with Crippen LogP contribution in [0.5, 0.6) is 0 Å². The summed E-state index contributed by atoms with van der Waals surface area (Å²) >= 11 is 0. The van der Waals surface area contributed by atoms with E-state index in [1.54, 1.807) is 0 Å². The summed E-state index contributed by atoms with van der Waals surface area (Å²) < 4.78 is 0. The lowest BCUT2D eigenvalue weighted by atomic mass is 9.95. The second-order valence-corrected chi connectivity index (χ2v) is 2.60. The van der Waals surface area contributed by atoms with E-state index in [4.69, 9.17) is 5.73 Å². The Morgan fingerprint density at radius 2 is 2.12 bits per heavy atom. The smallest absolute Gasteiger partial charge is 0.0223 e. The summed E-state index contributed by atoms with van der Waals surface area (Å²) in [6.45, 7) is 2.22. The van der Waals surface area contributed by atoms with Crippen LogP contribution in [0.25, 0.3) is 0 Å². The average Bonchev–Trinajstić information content (AvgIpc) is 1.77. The Bertz CT molecular complexity index is 84.6. The molecular formula is C7H13N. The molecule has 0 heterocycles. The second kappa shape index (κ2) is 2.31. The lowest BCUT2D eigenvalue weighted by Gasteiger charge is -2.15. The van der Waals surface area contributed by atoms with E-state index >= 15 is 0 Å². The van der Waals surface area contributed by atoms with E-state index in [-0.39, 0.29) is 0 Å². The SMILES string of the molecule is C[C@@H]1C=CC(N)CC1. The summed E-state index contributed by atoms with van der Waals surface area (Å²) in [5.41, 5.74) is 5.61.